The molecule has 0 aromatic heterocycles. The van der Waals surface area contributed by atoms with Crippen LogP contribution in [0.4, 0.5) is 0 Å². The number of hydrogen-bond donors (Lipinski definition) is 1. The van der Waals surface area contributed by atoms with Gasteiger partial charge in [0.15, 0.2) is 0 Å². The van der Waals surface area contributed by atoms with Gasteiger partial charge in [-0.15, -0.1) is 0 Å². The molecule has 2 aliphatic rings. The first-order chi connectivity index (χ1) is 6.65. The Morgan fingerprint density at radius 1 is 1.64 bits per heavy atom. The molecule has 0 aromatic rings. The van der Waals surface area contributed by atoms with Gasteiger partial charge in [0.1, 0.15) is 5.60 Å². The zero-order valence-electron chi connectivity index (χ0n) is 8.66. The fourth-order valence-electron chi connectivity index (χ4n) is 2.04. The van der Waals surface area contributed by atoms with Crippen LogP contribution in [0.5, 0.6) is 0 Å². The first kappa shape index (κ1) is 9.93. The van der Waals surface area contributed by atoms with Crippen LogP contribution in [0, 0.1) is 5.92 Å². The van der Waals surface area contributed by atoms with E-state index in [-0.39, 0.29) is 11.5 Å². The third kappa shape index (κ3) is 1.77. The van der Waals surface area contributed by atoms with Gasteiger partial charge in [-0.2, -0.15) is 0 Å². The summed E-state index contributed by atoms with van der Waals surface area (Å²) in [5, 5.41) is 1.51. The van der Waals surface area contributed by atoms with E-state index in [1.54, 1.807) is 0 Å². The molecule has 1 amide bonds. The fraction of sp³-hybridized carbons (Fsp3) is 0.900. The van der Waals surface area contributed by atoms with E-state index in [2.05, 4.69) is 0 Å². The van der Waals surface area contributed by atoms with E-state index < -0.39 is 0 Å². The Morgan fingerprint density at radius 2 is 2.36 bits per heavy atom. The summed E-state index contributed by atoms with van der Waals surface area (Å²) < 4.78 is 0. The molecule has 80 valence electrons. The van der Waals surface area contributed by atoms with Gasteiger partial charge in [0, 0.05) is 6.54 Å². The summed E-state index contributed by atoms with van der Waals surface area (Å²) in [6.45, 7) is 3.29. The summed E-state index contributed by atoms with van der Waals surface area (Å²) in [4.78, 5) is 17.3. The topological polar surface area (TPSA) is 55.6 Å². The first-order valence-corrected chi connectivity index (χ1v) is 5.35. The van der Waals surface area contributed by atoms with Crippen LogP contribution >= 0.6 is 0 Å². The minimum atomic E-state index is -0.217. The third-order valence-corrected chi connectivity index (χ3v) is 3.11. The van der Waals surface area contributed by atoms with Gasteiger partial charge >= 0.3 is 0 Å². The number of rotatable bonds is 4. The second-order valence-corrected chi connectivity index (χ2v) is 4.49. The smallest absolute Gasteiger partial charge is 0.249 e. The van der Waals surface area contributed by atoms with Crippen LogP contribution in [-0.4, -0.2) is 29.7 Å². The Balaban J connectivity index is 1.92. The number of hydroxylamine groups is 2. The molecule has 2 rings (SSSR count). The Hall–Kier alpha value is -0.610. The van der Waals surface area contributed by atoms with Crippen LogP contribution in [0.25, 0.3) is 0 Å². The number of nitrogens with zero attached hydrogens (tertiary/aromatic N) is 1. The Morgan fingerprint density at radius 3 is 2.93 bits per heavy atom. The minimum Gasteiger partial charge on any atom is -0.330 e. The highest BCUT2D eigenvalue weighted by Crippen LogP contribution is 2.46. The Kier molecular flexibility index (Phi) is 2.49. The van der Waals surface area contributed by atoms with E-state index >= 15 is 0 Å². The molecule has 0 bridgehead atoms. The molecular formula is C10H18N2O2. The summed E-state index contributed by atoms with van der Waals surface area (Å²) in [7, 11) is 0. The van der Waals surface area contributed by atoms with Crippen molar-refractivity contribution in [3.63, 3.8) is 0 Å². The molecule has 0 radical (unpaired) electrons. The predicted molar refractivity (Wildman–Crippen MR) is 52.2 cm³/mol. The molecule has 2 fully saturated rings. The first-order valence-electron chi connectivity index (χ1n) is 5.35. The van der Waals surface area contributed by atoms with Crippen molar-refractivity contribution >= 4 is 5.91 Å². The van der Waals surface area contributed by atoms with E-state index in [9.17, 15) is 4.79 Å². The SMILES string of the molecule is CC1(C2CC2)CC(=O)N(CCCN)O1. The number of nitrogens with two attached hydrogens (primary N) is 1. The third-order valence-electron chi connectivity index (χ3n) is 3.11. The van der Waals surface area contributed by atoms with Crippen molar-refractivity contribution in [1.82, 2.24) is 5.06 Å². The van der Waals surface area contributed by atoms with Crippen molar-refractivity contribution in [2.45, 2.75) is 38.2 Å². The molecule has 1 aliphatic heterocycles. The maximum absolute atomic E-state index is 11.6. The van der Waals surface area contributed by atoms with Crippen LogP contribution in [0.2, 0.25) is 0 Å². The highest BCUT2D eigenvalue weighted by molar-refractivity contribution is 5.78. The molecule has 1 saturated heterocycles. The number of hydrogen-bond acceptors (Lipinski definition) is 3. The van der Waals surface area contributed by atoms with E-state index in [4.69, 9.17) is 10.6 Å². The van der Waals surface area contributed by atoms with E-state index in [1.165, 1.54) is 17.9 Å². The lowest BCUT2D eigenvalue weighted by atomic mass is 9.97. The maximum atomic E-state index is 11.6. The van der Waals surface area contributed by atoms with Gasteiger partial charge in [0.25, 0.3) is 0 Å². The van der Waals surface area contributed by atoms with Gasteiger partial charge in [-0.05, 0) is 38.6 Å². The molecule has 4 nitrogen and oxygen atoms in total. The standard InChI is InChI=1S/C10H18N2O2/c1-10(8-3-4-8)7-9(13)12(14-10)6-2-5-11/h8H,2-7,11H2,1H3. The van der Waals surface area contributed by atoms with Crippen LogP contribution < -0.4 is 5.73 Å². The van der Waals surface area contributed by atoms with Crippen molar-refractivity contribution in [1.29, 1.82) is 0 Å². The van der Waals surface area contributed by atoms with Gasteiger partial charge in [-0.1, -0.05) is 0 Å². The van der Waals surface area contributed by atoms with Gasteiger partial charge in [-0.25, -0.2) is 5.06 Å². The summed E-state index contributed by atoms with van der Waals surface area (Å²) in [5.41, 5.74) is 5.18. The molecule has 14 heavy (non-hydrogen) atoms. The van der Waals surface area contributed by atoms with Crippen LogP contribution in [-0.2, 0) is 9.63 Å². The van der Waals surface area contributed by atoms with E-state index in [0.717, 1.165) is 6.42 Å². The monoisotopic (exact) mass is 198 g/mol. The Labute approximate surface area is 84.3 Å². The second kappa shape index (κ2) is 3.51. The molecule has 1 saturated carbocycles. The molecule has 1 atom stereocenters. The van der Waals surface area contributed by atoms with Crippen molar-refractivity contribution in [3.05, 3.63) is 0 Å². The molecule has 0 spiro atoms. The van der Waals surface area contributed by atoms with Gasteiger partial charge < -0.3 is 5.73 Å². The predicted octanol–water partition coefficient (Wildman–Crippen LogP) is 0.668. The lowest BCUT2D eigenvalue weighted by molar-refractivity contribution is -0.200. The summed E-state index contributed by atoms with van der Waals surface area (Å²) in [6, 6.07) is 0. The van der Waals surface area contributed by atoms with Crippen molar-refractivity contribution < 1.29 is 9.63 Å². The van der Waals surface area contributed by atoms with Crippen molar-refractivity contribution in [3.8, 4) is 0 Å². The summed E-state index contributed by atoms with van der Waals surface area (Å²) in [5.74, 6) is 0.710. The number of amides is 1. The summed E-state index contributed by atoms with van der Waals surface area (Å²) in [6.07, 6.45) is 3.76. The molecule has 2 N–H and O–H groups in total. The average molecular weight is 198 g/mol. The average Bonchev–Trinajstić information content (AvgIpc) is 2.92. The van der Waals surface area contributed by atoms with Crippen molar-refractivity contribution in [2.75, 3.05) is 13.1 Å². The zero-order valence-corrected chi connectivity index (χ0v) is 8.66. The minimum absolute atomic E-state index is 0.118. The normalized spacial score (nSPS) is 32.7. The molecule has 1 unspecified atom stereocenters. The van der Waals surface area contributed by atoms with Crippen LogP contribution in [0.3, 0.4) is 0 Å². The lowest BCUT2D eigenvalue weighted by Gasteiger charge is -2.23. The van der Waals surface area contributed by atoms with Crippen LogP contribution in [0.1, 0.15) is 32.6 Å². The molecule has 0 aromatic carbocycles. The number of carbonyl (C=O) groups is 1. The maximum Gasteiger partial charge on any atom is 0.249 e. The lowest BCUT2D eigenvalue weighted by Crippen LogP contribution is -2.31. The summed E-state index contributed by atoms with van der Waals surface area (Å²) >= 11 is 0. The molecule has 4 heteroatoms. The van der Waals surface area contributed by atoms with Gasteiger partial charge in [0.2, 0.25) is 5.91 Å². The van der Waals surface area contributed by atoms with Crippen molar-refractivity contribution in [2.24, 2.45) is 11.7 Å². The second-order valence-electron chi connectivity index (χ2n) is 4.49. The molecule has 1 aliphatic carbocycles. The largest absolute Gasteiger partial charge is 0.330 e. The highest BCUT2D eigenvalue weighted by Gasteiger charge is 2.50. The van der Waals surface area contributed by atoms with Gasteiger partial charge in [-0.3, -0.25) is 9.63 Å². The molecule has 1 heterocycles. The fourth-order valence-corrected chi connectivity index (χ4v) is 2.04. The highest BCUT2D eigenvalue weighted by atomic mass is 16.7. The van der Waals surface area contributed by atoms with E-state index in [0.29, 0.717) is 25.4 Å². The number of carbonyl (C=O) groups excluding carboxylic acids is 1. The Bertz CT molecular complexity index is 240. The zero-order chi connectivity index (χ0) is 10.2. The van der Waals surface area contributed by atoms with E-state index in [1.807, 2.05) is 6.92 Å². The quantitative estimate of drug-likeness (QED) is 0.722. The van der Waals surface area contributed by atoms with Gasteiger partial charge in [0.05, 0.1) is 6.42 Å². The molecular weight excluding hydrogens is 180 g/mol. The van der Waals surface area contributed by atoms with Crippen LogP contribution in [0.15, 0.2) is 0 Å².